The zero-order chi connectivity index (χ0) is 12.7. The van der Waals surface area contributed by atoms with E-state index in [1.165, 1.54) is 12.2 Å². The van der Waals surface area contributed by atoms with E-state index in [0.29, 0.717) is 19.4 Å². The predicted octanol–water partition coefficient (Wildman–Crippen LogP) is 2.17. The Balaban J connectivity index is 2.25. The molecule has 0 atom stereocenters. The van der Waals surface area contributed by atoms with Gasteiger partial charge >= 0.3 is 0 Å². The smallest absolute Gasteiger partial charge is 0.245 e. The Kier molecular flexibility index (Phi) is 5.49. The normalized spacial score (nSPS) is 10.1. The molecule has 0 N–H and O–H groups in total. The molecule has 0 bridgehead atoms. The number of nitrogens with zero attached hydrogens (tertiary/aromatic N) is 1. The maximum absolute atomic E-state index is 11.4. The molecule has 17 heavy (non-hydrogen) atoms. The topological polar surface area (TPSA) is 38.8 Å². The van der Waals surface area contributed by atoms with Crippen LogP contribution in [0.5, 0.6) is 5.75 Å². The van der Waals surface area contributed by atoms with E-state index in [1.807, 2.05) is 31.2 Å². The van der Waals surface area contributed by atoms with Gasteiger partial charge in [0.05, 0.1) is 13.7 Å². The Hall–Kier alpha value is -1.55. The van der Waals surface area contributed by atoms with Crippen molar-refractivity contribution >= 4 is 5.91 Å². The van der Waals surface area contributed by atoms with Crippen LogP contribution in [0.1, 0.15) is 18.4 Å². The number of rotatable bonds is 6. The van der Waals surface area contributed by atoms with E-state index in [-0.39, 0.29) is 5.91 Å². The van der Waals surface area contributed by atoms with E-state index in [9.17, 15) is 4.79 Å². The number of hydrogen-bond acceptors (Lipinski definition) is 3. The highest BCUT2D eigenvalue weighted by Crippen LogP contribution is 2.16. The van der Waals surface area contributed by atoms with Crippen LogP contribution in [-0.2, 0) is 9.63 Å². The largest absolute Gasteiger partial charge is 0.493 e. The second kappa shape index (κ2) is 6.91. The fourth-order valence-electron chi connectivity index (χ4n) is 1.38. The number of carbonyl (C=O) groups is 1. The summed E-state index contributed by atoms with van der Waals surface area (Å²) in [5.74, 6) is 0.834. The number of ether oxygens (including phenoxy) is 1. The monoisotopic (exact) mass is 237 g/mol. The first-order chi connectivity index (χ1) is 8.15. The predicted molar refractivity (Wildman–Crippen MR) is 65.7 cm³/mol. The summed E-state index contributed by atoms with van der Waals surface area (Å²) in [7, 11) is 3.08. The molecule has 1 aromatic rings. The molecule has 0 saturated carbocycles. The van der Waals surface area contributed by atoms with Gasteiger partial charge in [-0.05, 0) is 25.0 Å². The van der Waals surface area contributed by atoms with Crippen molar-refractivity contribution in [3.63, 3.8) is 0 Å². The first-order valence-corrected chi connectivity index (χ1v) is 5.64. The summed E-state index contributed by atoms with van der Waals surface area (Å²) < 4.78 is 5.59. The highest BCUT2D eigenvalue weighted by molar-refractivity contribution is 5.74. The van der Waals surface area contributed by atoms with Gasteiger partial charge in [0, 0.05) is 13.5 Å². The number of hydroxylamine groups is 2. The minimum absolute atomic E-state index is 0.0408. The molecule has 0 aliphatic heterocycles. The first-order valence-electron chi connectivity index (χ1n) is 5.64. The molecule has 0 spiro atoms. The highest BCUT2D eigenvalue weighted by atomic mass is 16.7. The molecule has 94 valence electrons. The zero-order valence-corrected chi connectivity index (χ0v) is 10.6. The van der Waals surface area contributed by atoms with Crippen LogP contribution >= 0.6 is 0 Å². The van der Waals surface area contributed by atoms with Crippen LogP contribution in [0.15, 0.2) is 24.3 Å². The van der Waals surface area contributed by atoms with Crippen LogP contribution in [0.3, 0.4) is 0 Å². The maximum Gasteiger partial charge on any atom is 0.245 e. The highest BCUT2D eigenvalue weighted by Gasteiger charge is 2.07. The van der Waals surface area contributed by atoms with Gasteiger partial charge in [0.15, 0.2) is 0 Å². The lowest BCUT2D eigenvalue weighted by atomic mass is 10.2. The van der Waals surface area contributed by atoms with E-state index in [0.717, 1.165) is 11.3 Å². The van der Waals surface area contributed by atoms with E-state index in [4.69, 9.17) is 9.57 Å². The third-order valence-corrected chi connectivity index (χ3v) is 2.51. The SMILES string of the molecule is CON(C)C(=O)CCCOc1ccccc1C. The molecular formula is C13H19NO3. The number of carbonyl (C=O) groups excluding carboxylic acids is 1. The second-order valence-electron chi connectivity index (χ2n) is 3.79. The van der Waals surface area contributed by atoms with Crippen molar-refractivity contribution in [2.24, 2.45) is 0 Å². The molecule has 1 rings (SSSR count). The summed E-state index contributed by atoms with van der Waals surface area (Å²) in [6, 6.07) is 7.84. The maximum atomic E-state index is 11.4. The standard InChI is InChI=1S/C13H19NO3/c1-11-7-4-5-8-12(11)17-10-6-9-13(15)14(2)16-3/h4-5,7-8H,6,9-10H2,1-3H3. The Morgan fingerprint density at radius 1 is 1.35 bits per heavy atom. The van der Waals surface area contributed by atoms with Gasteiger partial charge in [-0.1, -0.05) is 18.2 Å². The Morgan fingerprint density at radius 2 is 2.06 bits per heavy atom. The van der Waals surface area contributed by atoms with Crippen LogP contribution in [0, 0.1) is 6.92 Å². The molecule has 0 aliphatic rings. The third-order valence-electron chi connectivity index (χ3n) is 2.51. The third kappa shape index (κ3) is 4.44. The van der Waals surface area contributed by atoms with E-state index < -0.39 is 0 Å². The molecule has 0 fully saturated rings. The van der Waals surface area contributed by atoms with Gasteiger partial charge < -0.3 is 4.74 Å². The molecule has 4 heteroatoms. The van der Waals surface area contributed by atoms with Gasteiger partial charge in [0.25, 0.3) is 0 Å². The Labute approximate surface area is 102 Å². The quantitative estimate of drug-likeness (QED) is 0.562. The fourth-order valence-corrected chi connectivity index (χ4v) is 1.38. The van der Waals surface area contributed by atoms with E-state index in [2.05, 4.69) is 0 Å². The average molecular weight is 237 g/mol. The summed E-state index contributed by atoms with van der Waals surface area (Å²) in [5.41, 5.74) is 1.10. The summed E-state index contributed by atoms with van der Waals surface area (Å²) in [5, 5.41) is 1.23. The van der Waals surface area contributed by atoms with Crippen molar-refractivity contribution in [3.05, 3.63) is 29.8 Å². The van der Waals surface area contributed by atoms with Gasteiger partial charge in [0.2, 0.25) is 5.91 Å². The molecule has 0 unspecified atom stereocenters. The van der Waals surface area contributed by atoms with Gasteiger partial charge in [-0.15, -0.1) is 0 Å². The van der Waals surface area contributed by atoms with Crippen LogP contribution in [0.25, 0.3) is 0 Å². The molecule has 0 radical (unpaired) electrons. The van der Waals surface area contributed by atoms with Gasteiger partial charge in [-0.2, -0.15) is 0 Å². The number of aryl methyl sites for hydroxylation is 1. The van der Waals surface area contributed by atoms with Crippen molar-refractivity contribution in [2.45, 2.75) is 19.8 Å². The summed E-state index contributed by atoms with van der Waals surface area (Å²) >= 11 is 0. The van der Waals surface area contributed by atoms with Crippen LogP contribution < -0.4 is 4.74 Å². The lowest BCUT2D eigenvalue weighted by molar-refractivity contribution is -0.168. The van der Waals surface area contributed by atoms with Gasteiger partial charge in [0.1, 0.15) is 5.75 Å². The molecular weight excluding hydrogens is 218 g/mol. The van der Waals surface area contributed by atoms with Crippen molar-refractivity contribution in [3.8, 4) is 5.75 Å². The van der Waals surface area contributed by atoms with Crippen LogP contribution in [0.2, 0.25) is 0 Å². The van der Waals surface area contributed by atoms with Crippen molar-refractivity contribution in [1.29, 1.82) is 0 Å². The van der Waals surface area contributed by atoms with Gasteiger partial charge in [-0.3, -0.25) is 9.63 Å². The lowest BCUT2D eigenvalue weighted by Crippen LogP contribution is -2.25. The first kappa shape index (κ1) is 13.5. The molecule has 0 aromatic heterocycles. The van der Waals surface area contributed by atoms with Crippen LogP contribution in [-0.4, -0.2) is 31.7 Å². The molecule has 0 saturated heterocycles. The minimum atomic E-state index is -0.0408. The Morgan fingerprint density at radius 3 is 2.71 bits per heavy atom. The molecule has 1 amide bonds. The van der Waals surface area contributed by atoms with E-state index in [1.54, 1.807) is 7.05 Å². The molecule has 0 aliphatic carbocycles. The second-order valence-corrected chi connectivity index (χ2v) is 3.79. The lowest BCUT2D eigenvalue weighted by Gasteiger charge is -2.13. The van der Waals surface area contributed by atoms with E-state index >= 15 is 0 Å². The van der Waals surface area contributed by atoms with Crippen LogP contribution in [0.4, 0.5) is 0 Å². The number of benzene rings is 1. The number of para-hydroxylation sites is 1. The Bertz CT molecular complexity index is 365. The fraction of sp³-hybridized carbons (Fsp3) is 0.462. The molecule has 0 heterocycles. The number of amides is 1. The van der Waals surface area contributed by atoms with Gasteiger partial charge in [-0.25, -0.2) is 5.06 Å². The zero-order valence-electron chi connectivity index (χ0n) is 10.6. The molecule has 4 nitrogen and oxygen atoms in total. The van der Waals surface area contributed by atoms with Crippen molar-refractivity contribution in [2.75, 3.05) is 20.8 Å². The summed E-state index contributed by atoms with van der Waals surface area (Å²) in [6.45, 7) is 2.54. The van der Waals surface area contributed by atoms with Crippen molar-refractivity contribution in [1.82, 2.24) is 5.06 Å². The minimum Gasteiger partial charge on any atom is -0.493 e. The summed E-state index contributed by atoms with van der Waals surface area (Å²) in [6.07, 6.45) is 1.11. The number of hydrogen-bond donors (Lipinski definition) is 0. The molecule has 1 aromatic carbocycles. The van der Waals surface area contributed by atoms with Crippen molar-refractivity contribution < 1.29 is 14.4 Å². The summed E-state index contributed by atoms with van der Waals surface area (Å²) in [4.78, 5) is 16.2. The average Bonchev–Trinajstić information content (AvgIpc) is 2.35.